The van der Waals surface area contributed by atoms with Crippen LogP contribution in [0, 0.1) is 0 Å². The number of thiocarbonyl (C=S) groups is 1. The lowest BCUT2D eigenvalue weighted by molar-refractivity contribution is -0.180. The summed E-state index contributed by atoms with van der Waals surface area (Å²) in [7, 11) is 0. The number of thioether (sulfide) groups is 1. The van der Waals surface area contributed by atoms with Crippen LogP contribution in [-0.4, -0.2) is 47.0 Å². The van der Waals surface area contributed by atoms with E-state index in [9.17, 15) is 5.11 Å². The van der Waals surface area contributed by atoms with Crippen molar-refractivity contribution in [3.8, 4) is 0 Å². The fourth-order valence-electron chi connectivity index (χ4n) is 1.63. The Labute approximate surface area is 112 Å². The van der Waals surface area contributed by atoms with Crippen molar-refractivity contribution in [2.24, 2.45) is 0 Å². The number of hydrogen-bond acceptors (Lipinski definition) is 6. The summed E-state index contributed by atoms with van der Waals surface area (Å²) in [5.41, 5.74) is 0. The topological polar surface area (TPSA) is 47.9 Å². The number of ether oxygens (including phenoxy) is 3. The molecule has 4 nitrogen and oxygen atoms in total. The molecule has 0 radical (unpaired) electrons. The van der Waals surface area contributed by atoms with Crippen molar-refractivity contribution in [3.63, 3.8) is 0 Å². The summed E-state index contributed by atoms with van der Waals surface area (Å²) < 4.78 is 17.0. The monoisotopic (exact) mass is 280 g/mol. The first-order valence-corrected chi connectivity index (χ1v) is 7.28. The Balaban J connectivity index is 2.29. The second-order valence-corrected chi connectivity index (χ2v) is 5.80. The van der Waals surface area contributed by atoms with Gasteiger partial charge >= 0.3 is 0 Å². The normalized spacial score (nSPS) is 24.9. The molecule has 0 spiro atoms. The van der Waals surface area contributed by atoms with Gasteiger partial charge in [0.25, 0.3) is 0 Å². The van der Waals surface area contributed by atoms with Crippen LogP contribution in [0.2, 0.25) is 0 Å². The molecule has 2 unspecified atom stereocenters. The van der Waals surface area contributed by atoms with Gasteiger partial charge in [-0.25, -0.2) is 0 Å². The third kappa shape index (κ3) is 6.01. The highest BCUT2D eigenvalue weighted by Crippen LogP contribution is 2.22. The molecule has 17 heavy (non-hydrogen) atoms. The molecule has 1 aliphatic heterocycles. The summed E-state index contributed by atoms with van der Waals surface area (Å²) >= 11 is 6.45. The lowest BCUT2D eigenvalue weighted by Crippen LogP contribution is -2.30. The van der Waals surface area contributed by atoms with E-state index in [1.54, 1.807) is 13.8 Å². The minimum atomic E-state index is -1.09. The van der Waals surface area contributed by atoms with E-state index in [0.717, 1.165) is 6.42 Å². The molecule has 1 aliphatic rings. The number of rotatable bonds is 5. The average molecular weight is 280 g/mol. The molecular weight excluding hydrogens is 260 g/mol. The molecule has 0 aromatic rings. The van der Waals surface area contributed by atoms with Crippen LogP contribution in [0.4, 0.5) is 0 Å². The van der Waals surface area contributed by atoms with Gasteiger partial charge in [-0.2, -0.15) is 0 Å². The van der Waals surface area contributed by atoms with Crippen LogP contribution in [0.25, 0.3) is 0 Å². The predicted molar refractivity (Wildman–Crippen MR) is 72.2 cm³/mol. The van der Waals surface area contributed by atoms with Crippen LogP contribution < -0.4 is 0 Å². The minimum absolute atomic E-state index is 0.00227. The maximum atomic E-state index is 9.42. The third-order valence-corrected chi connectivity index (χ3v) is 3.45. The summed E-state index contributed by atoms with van der Waals surface area (Å²) in [6, 6.07) is 0. The van der Waals surface area contributed by atoms with Gasteiger partial charge < -0.3 is 19.3 Å². The van der Waals surface area contributed by atoms with Crippen molar-refractivity contribution in [2.75, 3.05) is 19.5 Å². The van der Waals surface area contributed by atoms with E-state index in [2.05, 4.69) is 0 Å². The van der Waals surface area contributed by atoms with E-state index in [4.69, 9.17) is 26.4 Å². The van der Waals surface area contributed by atoms with E-state index in [1.807, 2.05) is 6.26 Å². The smallest absolute Gasteiger partial charge is 0.220 e. The van der Waals surface area contributed by atoms with Gasteiger partial charge in [0, 0.05) is 12.8 Å². The Morgan fingerprint density at radius 1 is 1.59 bits per heavy atom. The van der Waals surface area contributed by atoms with Gasteiger partial charge in [-0.3, -0.25) is 0 Å². The summed E-state index contributed by atoms with van der Waals surface area (Å²) in [6.45, 7) is 4.35. The third-order valence-electron chi connectivity index (χ3n) is 2.42. The Bertz CT molecular complexity index is 252. The van der Waals surface area contributed by atoms with Gasteiger partial charge in [-0.05, 0) is 32.3 Å². The molecule has 6 heteroatoms. The molecule has 0 aliphatic carbocycles. The summed E-state index contributed by atoms with van der Waals surface area (Å²) in [4.78, 5) is 0. The van der Waals surface area contributed by atoms with E-state index < -0.39 is 5.79 Å². The van der Waals surface area contributed by atoms with Crippen molar-refractivity contribution in [1.29, 1.82) is 0 Å². The maximum Gasteiger partial charge on any atom is 0.220 e. The van der Waals surface area contributed by atoms with E-state index in [1.165, 1.54) is 11.8 Å². The average Bonchev–Trinajstić information content (AvgIpc) is 2.64. The zero-order valence-corrected chi connectivity index (χ0v) is 12.1. The molecule has 100 valence electrons. The lowest BCUT2D eigenvalue weighted by Gasteiger charge is -2.22. The first kappa shape index (κ1) is 15.2. The molecule has 1 fully saturated rings. The van der Waals surface area contributed by atoms with Gasteiger partial charge in [0.1, 0.15) is 6.10 Å². The van der Waals surface area contributed by atoms with Crippen LogP contribution in [-0.2, 0) is 14.2 Å². The van der Waals surface area contributed by atoms with Gasteiger partial charge in [0.2, 0.25) is 4.38 Å². The minimum Gasteiger partial charge on any atom is -0.472 e. The quantitative estimate of drug-likeness (QED) is 0.613. The highest BCUT2D eigenvalue weighted by Gasteiger charge is 2.30. The molecule has 0 saturated carbocycles. The highest BCUT2D eigenvalue weighted by atomic mass is 32.2. The zero-order valence-electron chi connectivity index (χ0n) is 10.5. The van der Waals surface area contributed by atoms with Crippen LogP contribution >= 0.6 is 24.0 Å². The highest BCUT2D eigenvalue weighted by molar-refractivity contribution is 8.22. The summed E-state index contributed by atoms with van der Waals surface area (Å²) in [5.74, 6) is -1.09. The van der Waals surface area contributed by atoms with Crippen LogP contribution in [0.1, 0.15) is 26.7 Å². The van der Waals surface area contributed by atoms with Crippen molar-refractivity contribution in [2.45, 2.75) is 44.7 Å². The largest absolute Gasteiger partial charge is 0.472 e. The molecule has 1 N–H and O–H groups in total. The van der Waals surface area contributed by atoms with E-state index in [0.29, 0.717) is 24.0 Å². The Kier molecular flexibility index (Phi) is 6.16. The Morgan fingerprint density at radius 3 is 2.88 bits per heavy atom. The van der Waals surface area contributed by atoms with Gasteiger partial charge in [0.05, 0.1) is 19.3 Å². The fraction of sp³-hybridized carbons (Fsp3) is 0.909. The van der Waals surface area contributed by atoms with Crippen molar-refractivity contribution < 1.29 is 19.3 Å². The summed E-state index contributed by atoms with van der Waals surface area (Å²) in [5, 5.41) is 9.42. The van der Waals surface area contributed by atoms with Crippen LogP contribution in [0.5, 0.6) is 0 Å². The van der Waals surface area contributed by atoms with Crippen LogP contribution in [0.3, 0.4) is 0 Å². The predicted octanol–water partition coefficient (Wildman–Crippen LogP) is 1.94. The SMILES string of the molecule is CSC(=S)OC1CCOC1CCOC(C)(C)O. The van der Waals surface area contributed by atoms with Crippen LogP contribution in [0.15, 0.2) is 0 Å². The first-order chi connectivity index (χ1) is 7.92. The molecule has 0 bridgehead atoms. The molecule has 1 rings (SSSR count). The fourth-order valence-corrected chi connectivity index (χ4v) is 1.97. The molecule has 1 saturated heterocycles. The van der Waals surface area contributed by atoms with Gasteiger partial charge in [-0.15, -0.1) is 0 Å². The van der Waals surface area contributed by atoms with E-state index >= 15 is 0 Å². The van der Waals surface area contributed by atoms with Crippen molar-refractivity contribution >= 4 is 28.4 Å². The molecule has 0 aromatic heterocycles. The molecular formula is C11H20O4S2. The lowest BCUT2D eigenvalue weighted by atomic mass is 10.1. The second-order valence-electron chi connectivity index (χ2n) is 4.39. The van der Waals surface area contributed by atoms with E-state index in [-0.39, 0.29) is 12.2 Å². The van der Waals surface area contributed by atoms with Gasteiger partial charge in [0.15, 0.2) is 5.79 Å². The Hall–Kier alpha value is 0.120. The second kappa shape index (κ2) is 6.89. The number of hydrogen-bond donors (Lipinski definition) is 1. The maximum absolute atomic E-state index is 9.42. The van der Waals surface area contributed by atoms with Crippen molar-refractivity contribution in [3.05, 3.63) is 0 Å². The first-order valence-electron chi connectivity index (χ1n) is 5.65. The molecule has 0 amide bonds. The summed E-state index contributed by atoms with van der Waals surface area (Å²) in [6.07, 6.45) is 3.46. The Morgan fingerprint density at radius 2 is 2.29 bits per heavy atom. The number of aliphatic hydroxyl groups is 1. The van der Waals surface area contributed by atoms with Gasteiger partial charge in [-0.1, -0.05) is 11.8 Å². The molecule has 1 heterocycles. The molecule has 2 atom stereocenters. The zero-order chi connectivity index (χ0) is 12.9. The molecule has 0 aromatic carbocycles. The standard InChI is InChI=1S/C11H20O4S2/c1-11(2,12)14-7-5-8-9(4-6-13-8)15-10(16)17-3/h8-9,12H,4-7H2,1-3H3. The van der Waals surface area contributed by atoms with Crippen molar-refractivity contribution in [1.82, 2.24) is 0 Å².